The van der Waals surface area contributed by atoms with Crippen molar-refractivity contribution in [2.45, 2.75) is 104 Å². The molecule has 0 aliphatic heterocycles. The number of hydrazine groups is 1. The van der Waals surface area contributed by atoms with Crippen molar-refractivity contribution in [2.24, 2.45) is 11.8 Å². The molecule has 0 radical (unpaired) electrons. The van der Waals surface area contributed by atoms with E-state index < -0.39 is 0 Å². The van der Waals surface area contributed by atoms with Gasteiger partial charge in [0.05, 0.1) is 0 Å². The summed E-state index contributed by atoms with van der Waals surface area (Å²) in [6.07, 6.45) is 16.4. The maximum atomic E-state index is 5.66. The summed E-state index contributed by atoms with van der Waals surface area (Å²) in [5, 5.41) is 0. The van der Waals surface area contributed by atoms with Crippen LogP contribution >= 0.6 is 0 Å². The first-order valence-corrected chi connectivity index (χ1v) is 8.72. The van der Waals surface area contributed by atoms with Crippen LogP contribution in [0, 0.1) is 5.92 Å². The van der Waals surface area contributed by atoms with Crippen LogP contribution in [0.25, 0.3) is 0 Å². The topological polar surface area (TPSA) is 38.0 Å². The SMILES string of the molecule is CCCCCCCCCCCC(NN)C(C)CCC. The van der Waals surface area contributed by atoms with E-state index in [-0.39, 0.29) is 0 Å². The van der Waals surface area contributed by atoms with Crippen LogP contribution < -0.4 is 11.3 Å². The predicted molar refractivity (Wildman–Crippen MR) is 87.0 cm³/mol. The van der Waals surface area contributed by atoms with Crippen molar-refractivity contribution in [3.05, 3.63) is 0 Å². The minimum absolute atomic E-state index is 0.518. The Balaban J connectivity index is 3.36. The second-order valence-electron chi connectivity index (χ2n) is 6.16. The quantitative estimate of drug-likeness (QED) is 0.259. The second kappa shape index (κ2) is 14.3. The molecule has 116 valence electrons. The van der Waals surface area contributed by atoms with E-state index in [0.29, 0.717) is 12.0 Å². The van der Waals surface area contributed by atoms with Gasteiger partial charge in [0.15, 0.2) is 0 Å². The Labute approximate surface area is 121 Å². The molecule has 3 N–H and O–H groups in total. The van der Waals surface area contributed by atoms with Gasteiger partial charge in [0.25, 0.3) is 0 Å². The molecule has 0 aliphatic rings. The molecule has 2 atom stereocenters. The van der Waals surface area contributed by atoms with Crippen molar-refractivity contribution in [2.75, 3.05) is 0 Å². The Hall–Kier alpha value is -0.0800. The third-order valence-corrected chi connectivity index (χ3v) is 4.26. The first kappa shape index (κ1) is 18.9. The lowest BCUT2D eigenvalue weighted by atomic mass is 9.93. The summed E-state index contributed by atoms with van der Waals surface area (Å²) in [4.78, 5) is 0. The van der Waals surface area contributed by atoms with E-state index in [2.05, 4.69) is 26.2 Å². The molecule has 0 bridgehead atoms. The Kier molecular flexibility index (Phi) is 14.3. The molecule has 0 aromatic carbocycles. The molecular weight excluding hydrogens is 232 g/mol. The van der Waals surface area contributed by atoms with Crippen LogP contribution in [0.5, 0.6) is 0 Å². The Bertz CT molecular complexity index is 171. The molecule has 0 aliphatic carbocycles. The van der Waals surface area contributed by atoms with Crippen molar-refractivity contribution >= 4 is 0 Å². The molecule has 2 heteroatoms. The predicted octanol–water partition coefficient (Wildman–Crippen LogP) is 5.18. The molecule has 0 saturated heterocycles. The van der Waals surface area contributed by atoms with Crippen LogP contribution in [0.4, 0.5) is 0 Å². The summed E-state index contributed by atoms with van der Waals surface area (Å²) in [6, 6.07) is 0.518. The van der Waals surface area contributed by atoms with E-state index in [9.17, 15) is 0 Å². The first-order chi connectivity index (χ1) is 9.26. The molecule has 0 fully saturated rings. The lowest BCUT2D eigenvalue weighted by Crippen LogP contribution is -2.39. The normalized spacial score (nSPS) is 14.5. The Morgan fingerprint density at radius 3 is 1.74 bits per heavy atom. The molecular formula is C17H38N2. The highest BCUT2D eigenvalue weighted by atomic mass is 15.2. The fraction of sp³-hybridized carbons (Fsp3) is 1.00. The number of unbranched alkanes of at least 4 members (excludes halogenated alkanes) is 8. The first-order valence-electron chi connectivity index (χ1n) is 8.72. The van der Waals surface area contributed by atoms with Gasteiger partial charge in [-0.1, -0.05) is 85.0 Å². The maximum Gasteiger partial charge on any atom is 0.0236 e. The second-order valence-corrected chi connectivity index (χ2v) is 6.16. The van der Waals surface area contributed by atoms with Crippen LogP contribution in [0.1, 0.15) is 97.8 Å². The molecule has 0 aromatic heterocycles. The summed E-state index contributed by atoms with van der Waals surface area (Å²) in [6.45, 7) is 6.85. The maximum absolute atomic E-state index is 5.66. The van der Waals surface area contributed by atoms with Crippen molar-refractivity contribution in [1.29, 1.82) is 0 Å². The fourth-order valence-electron chi connectivity index (χ4n) is 2.86. The number of hydrogen-bond donors (Lipinski definition) is 2. The summed E-state index contributed by atoms with van der Waals surface area (Å²) < 4.78 is 0. The van der Waals surface area contributed by atoms with E-state index in [1.54, 1.807) is 0 Å². The molecule has 0 rings (SSSR count). The van der Waals surface area contributed by atoms with Crippen molar-refractivity contribution in [3.8, 4) is 0 Å². The third kappa shape index (κ3) is 11.4. The van der Waals surface area contributed by atoms with E-state index >= 15 is 0 Å². The molecule has 0 spiro atoms. The van der Waals surface area contributed by atoms with Crippen molar-refractivity contribution in [3.63, 3.8) is 0 Å². The van der Waals surface area contributed by atoms with Crippen LogP contribution in [-0.4, -0.2) is 6.04 Å². The summed E-state index contributed by atoms with van der Waals surface area (Å²) >= 11 is 0. The third-order valence-electron chi connectivity index (χ3n) is 4.26. The monoisotopic (exact) mass is 270 g/mol. The molecule has 0 saturated carbocycles. The van der Waals surface area contributed by atoms with Gasteiger partial charge in [0.2, 0.25) is 0 Å². The molecule has 19 heavy (non-hydrogen) atoms. The smallest absolute Gasteiger partial charge is 0.0236 e. The van der Waals surface area contributed by atoms with E-state index in [0.717, 1.165) is 0 Å². The highest BCUT2D eigenvalue weighted by Gasteiger charge is 2.13. The Morgan fingerprint density at radius 2 is 1.26 bits per heavy atom. The number of nitrogens with two attached hydrogens (primary N) is 1. The van der Waals surface area contributed by atoms with E-state index in [4.69, 9.17) is 5.84 Å². The zero-order chi connectivity index (χ0) is 14.3. The minimum Gasteiger partial charge on any atom is -0.271 e. The molecule has 2 unspecified atom stereocenters. The summed E-state index contributed by atoms with van der Waals surface area (Å²) in [5.41, 5.74) is 3.01. The Morgan fingerprint density at radius 1 is 0.737 bits per heavy atom. The minimum atomic E-state index is 0.518. The van der Waals surface area contributed by atoms with Crippen LogP contribution in [0.3, 0.4) is 0 Å². The molecule has 0 aromatic rings. The number of hydrogen-bond acceptors (Lipinski definition) is 2. The average molecular weight is 271 g/mol. The fourth-order valence-corrected chi connectivity index (χ4v) is 2.86. The van der Waals surface area contributed by atoms with Gasteiger partial charge in [-0.15, -0.1) is 0 Å². The number of nitrogens with one attached hydrogen (secondary N) is 1. The summed E-state index contributed by atoms with van der Waals surface area (Å²) in [5.74, 6) is 6.37. The average Bonchev–Trinajstić information content (AvgIpc) is 2.41. The van der Waals surface area contributed by atoms with Gasteiger partial charge < -0.3 is 0 Å². The van der Waals surface area contributed by atoms with Gasteiger partial charge in [0, 0.05) is 6.04 Å². The zero-order valence-corrected chi connectivity index (χ0v) is 13.7. The molecule has 2 nitrogen and oxygen atoms in total. The van der Waals surface area contributed by atoms with Gasteiger partial charge >= 0.3 is 0 Å². The van der Waals surface area contributed by atoms with Crippen LogP contribution in [0.15, 0.2) is 0 Å². The summed E-state index contributed by atoms with van der Waals surface area (Å²) in [7, 11) is 0. The van der Waals surface area contributed by atoms with Gasteiger partial charge in [-0.3, -0.25) is 11.3 Å². The van der Waals surface area contributed by atoms with Crippen LogP contribution in [-0.2, 0) is 0 Å². The zero-order valence-electron chi connectivity index (χ0n) is 13.7. The molecule has 0 amide bonds. The van der Waals surface area contributed by atoms with Crippen LogP contribution in [0.2, 0.25) is 0 Å². The standard InChI is InChI=1S/C17H38N2/c1-4-6-7-8-9-10-11-12-13-15-17(19-18)16(3)14-5-2/h16-17,19H,4-15,18H2,1-3H3. The van der Waals surface area contributed by atoms with Crippen molar-refractivity contribution < 1.29 is 0 Å². The lowest BCUT2D eigenvalue weighted by molar-refractivity contribution is 0.331. The van der Waals surface area contributed by atoms with Gasteiger partial charge in [-0.25, -0.2) is 0 Å². The number of rotatable bonds is 14. The van der Waals surface area contributed by atoms with Gasteiger partial charge in [-0.05, 0) is 18.8 Å². The van der Waals surface area contributed by atoms with E-state index in [1.165, 1.54) is 77.0 Å². The van der Waals surface area contributed by atoms with Gasteiger partial charge in [-0.2, -0.15) is 0 Å². The highest BCUT2D eigenvalue weighted by molar-refractivity contribution is 4.70. The lowest BCUT2D eigenvalue weighted by Gasteiger charge is -2.22. The van der Waals surface area contributed by atoms with Crippen molar-refractivity contribution in [1.82, 2.24) is 5.43 Å². The highest BCUT2D eigenvalue weighted by Crippen LogP contribution is 2.17. The van der Waals surface area contributed by atoms with Gasteiger partial charge in [0.1, 0.15) is 0 Å². The largest absolute Gasteiger partial charge is 0.271 e. The molecule has 0 heterocycles. The van der Waals surface area contributed by atoms with E-state index in [1.807, 2.05) is 0 Å².